The molecule has 0 saturated carbocycles. The molecule has 1 aliphatic rings. The molecular formula is C11H22N2O. The first-order chi connectivity index (χ1) is 6.68. The highest BCUT2D eigenvalue weighted by atomic mass is 16.2. The van der Waals surface area contributed by atoms with E-state index in [0.29, 0.717) is 12.5 Å². The van der Waals surface area contributed by atoms with Crippen molar-refractivity contribution in [1.82, 2.24) is 10.2 Å². The number of carbonyl (C=O) groups is 1. The monoisotopic (exact) mass is 198 g/mol. The third-order valence-electron chi connectivity index (χ3n) is 2.52. The van der Waals surface area contributed by atoms with E-state index < -0.39 is 0 Å². The van der Waals surface area contributed by atoms with E-state index in [0.717, 1.165) is 19.6 Å². The van der Waals surface area contributed by atoms with E-state index in [4.69, 9.17) is 0 Å². The zero-order valence-electron chi connectivity index (χ0n) is 9.38. The topological polar surface area (TPSA) is 32.3 Å². The van der Waals surface area contributed by atoms with Crippen LogP contribution in [0, 0.1) is 5.92 Å². The predicted octanol–water partition coefficient (Wildman–Crippen LogP) is 1.24. The van der Waals surface area contributed by atoms with Crippen molar-refractivity contribution < 1.29 is 4.79 Å². The Bertz CT molecular complexity index is 174. The summed E-state index contributed by atoms with van der Waals surface area (Å²) >= 11 is 0. The maximum Gasteiger partial charge on any atom is 0.234 e. The molecule has 0 spiro atoms. The molecule has 1 N–H and O–H groups in total. The molecule has 0 aromatic carbocycles. The average Bonchev–Trinajstić information content (AvgIpc) is 2.16. The van der Waals surface area contributed by atoms with Crippen molar-refractivity contribution in [2.45, 2.75) is 33.1 Å². The van der Waals surface area contributed by atoms with Gasteiger partial charge in [0.05, 0.1) is 6.54 Å². The van der Waals surface area contributed by atoms with Crippen molar-refractivity contribution in [3.05, 3.63) is 0 Å². The maximum atomic E-state index is 11.5. The molecule has 3 heteroatoms. The minimum absolute atomic E-state index is 0.181. The molecular weight excluding hydrogens is 176 g/mol. The van der Waals surface area contributed by atoms with Crippen LogP contribution in [0.2, 0.25) is 0 Å². The van der Waals surface area contributed by atoms with Crippen LogP contribution in [0.5, 0.6) is 0 Å². The summed E-state index contributed by atoms with van der Waals surface area (Å²) in [6.45, 7) is 7.80. The molecule has 1 heterocycles. The van der Waals surface area contributed by atoms with Gasteiger partial charge in [0.2, 0.25) is 5.91 Å². The molecule has 14 heavy (non-hydrogen) atoms. The second kappa shape index (κ2) is 6.02. The molecule has 82 valence electrons. The first-order valence-corrected chi connectivity index (χ1v) is 5.67. The summed E-state index contributed by atoms with van der Waals surface area (Å²) in [7, 11) is 0. The summed E-state index contributed by atoms with van der Waals surface area (Å²) in [5.41, 5.74) is 0. The van der Waals surface area contributed by atoms with Crippen LogP contribution in [0.3, 0.4) is 0 Å². The van der Waals surface area contributed by atoms with Crippen LogP contribution in [0.4, 0.5) is 0 Å². The molecule has 0 bridgehead atoms. The molecule has 0 unspecified atom stereocenters. The van der Waals surface area contributed by atoms with Gasteiger partial charge in [-0.25, -0.2) is 0 Å². The Morgan fingerprint density at radius 2 is 1.93 bits per heavy atom. The van der Waals surface area contributed by atoms with Gasteiger partial charge in [0.15, 0.2) is 0 Å². The summed E-state index contributed by atoms with van der Waals surface area (Å²) in [6.07, 6.45) is 3.82. The highest BCUT2D eigenvalue weighted by molar-refractivity contribution is 5.77. The lowest BCUT2D eigenvalue weighted by Gasteiger charge is -2.25. The Hall–Kier alpha value is -0.570. The molecule has 1 aliphatic heterocycles. The predicted molar refractivity (Wildman–Crippen MR) is 58.1 cm³/mol. The fourth-order valence-electron chi connectivity index (χ4n) is 1.69. The first-order valence-electron chi connectivity index (χ1n) is 5.67. The fourth-order valence-corrected chi connectivity index (χ4v) is 1.69. The molecule has 0 aromatic rings. The van der Waals surface area contributed by atoms with Crippen LogP contribution in [0.1, 0.15) is 33.1 Å². The van der Waals surface area contributed by atoms with E-state index in [1.165, 1.54) is 19.3 Å². The highest BCUT2D eigenvalue weighted by Crippen LogP contribution is 2.07. The van der Waals surface area contributed by atoms with Crippen LogP contribution in [0.25, 0.3) is 0 Å². The van der Waals surface area contributed by atoms with Crippen LogP contribution < -0.4 is 5.32 Å². The molecule has 0 aliphatic carbocycles. The van der Waals surface area contributed by atoms with Gasteiger partial charge in [-0.3, -0.25) is 9.69 Å². The third kappa shape index (κ3) is 4.61. The number of likely N-dealkylation sites (tertiary alicyclic amines) is 1. The van der Waals surface area contributed by atoms with Gasteiger partial charge in [-0.2, -0.15) is 0 Å². The molecule has 3 nitrogen and oxygen atoms in total. The summed E-state index contributed by atoms with van der Waals surface area (Å²) in [5.74, 6) is 0.723. The van der Waals surface area contributed by atoms with Crippen molar-refractivity contribution in [1.29, 1.82) is 0 Å². The quantitative estimate of drug-likeness (QED) is 0.737. The van der Waals surface area contributed by atoms with Gasteiger partial charge >= 0.3 is 0 Å². The Morgan fingerprint density at radius 3 is 2.50 bits per heavy atom. The number of nitrogens with zero attached hydrogens (tertiary/aromatic N) is 1. The number of hydrogen-bond donors (Lipinski definition) is 1. The fraction of sp³-hybridized carbons (Fsp3) is 0.909. The molecule has 0 radical (unpaired) electrons. The van der Waals surface area contributed by atoms with E-state index in [9.17, 15) is 4.79 Å². The van der Waals surface area contributed by atoms with Gasteiger partial charge in [-0.05, 0) is 31.8 Å². The van der Waals surface area contributed by atoms with Crippen LogP contribution in [-0.4, -0.2) is 37.0 Å². The SMILES string of the molecule is CC(C)CNC(=O)CN1CCCCC1. The van der Waals surface area contributed by atoms with Gasteiger partial charge in [-0.15, -0.1) is 0 Å². The van der Waals surface area contributed by atoms with Crippen molar-refractivity contribution in [2.75, 3.05) is 26.2 Å². The molecule has 1 saturated heterocycles. The van der Waals surface area contributed by atoms with E-state index in [1.807, 2.05) is 0 Å². The number of carbonyl (C=O) groups excluding carboxylic acids is 1. The Kier molecular flexibility index (Phi) is 4.94. The highest BCUT2D eigenvalue weighted by Gasteiger charge is 2.13. The Balaban J connectivity index is 2.12. The maximum absolute atomic E-state index is 11.5. The van der Waals surface area contributed by atoms with Crippen LogP contribution in [0.15, 0.2) is 0 Å². The summed E-state index contributed by atoms with van der Waals surface area (Å²) in [6, 6.07) is 0. The standard InChI is InChI=1S/C11H22N2O/c1-10(2)8-12-11(14)9-13-6-4-3-5-7-13/h10H,3-9H2,1-2H3,(H,12,14). The second-order valence-electron chi connectivity index (χ2n) is 4.53. The Morgan fingerprint density at radius 1 is 1.29 bits per heavy atom. The van der Waals surface area contributed by atoms with Crippen LogP contribution in [-0.2, 0) is 4.79 Å². The largest absolute Gasteiger partial charge is 0.355 e. The van der Waals surface area contributed by atoms with Gasteiger partial charge in [0.1, 0.15) is 0 Å². The van der Waals surface area contributed by atoms with Crippen molar-refractivity contribution in [2.24, 2.45) is 5.92 Å². The Labute approximate surface area is 86.9 Å². The molecule has 1 fully saturated rings. The molecule has 1 amide bonds. The lowest BCUT2D eigenvalue weighted by molar-refractivity contribution is -0.122. The molecule has 0 aromatic heterocycles. The zero-order chi connectivity index (χ0) is 10.4. The smallest absolute Gasteiger partial charge is 0.234 e. The summed E-state index contributed by atoms with van der Waals surface area (Å²) in [5, 5.41) is 2.95. The average molecular weight is 198 g/mol. The van der Waals surface area contributed by atoms with Gasteiger partial charge < -0.3 is 5.32 Å². The molecule has 0 atom stereocenters. The number of amides is 1. The van der Waals surface area contributed by atoms with Gasteiger partial charge in [0, 0.05) is 6.54 Å². The van der Waals surface area contributed by atoms with Crippen molar-refractivity contribution in [3.63, 3.8) is 0 Å². The lowest BCUT2D eigenvalue weighted by Crippen LogP contribution is -2.40. The third-order valence-corrected chi connectivity index (χ3v) is 2.52. The van der Waals surface area contributed by atoms with E-state index in [1.54, 1.807) is 0 Å². The lowest BCUT2D eigenvalue weighted by atomic mass is 10.1. The molecule has 1 rings (SSSR count). The number of rotatable bonds is 4. The number of piperidine rings is 1. The van der Waals surface area contributed by atoms with Crippen LogP contribution >= 0.6 is 0 Å². The zero-order valence-corrected chi connectivity index (χ0v) is 9.38. The second-order valence-corrected chi connectivity index (χ2v) is 4.53. The first kappa shape index (κ1) is 11.5. The number of nitrogens with one attached hydrogen (secondary N) is 1. The number of hydrogen-bond acceptors (Lipinski definition) is 2. The normalized spacial score (nSPS) is 18.5. The van der Waals surface area contributed by atoms with E-state index >= 15 is 0 Å². The van der Waals surface area contributed by atoms with Gasteiger partial charge in [0.25, 0.3) is 0 Å². The minimum Gasteiger partial charge on any atom is -0.355 e. The van der Waals surface area contributed by atoms with Crippen molar-refractivity contribution >= 4 is 5.91 Å². The van der Waals surface area contributed by atoms with Gasteiger partial charge in [-0.1, -0.05) is 20.3 Å². The summed E-state index contributed by atoms with van der Waals surface area (Å²) in [4.78, 5) is 13.7. The van der Waals surface area contributed by atoms with E-state index in [2.05, 4.69) is 24.1 Å². The summed E-state index contributed by atoms with van der Waals surface area (Å²) < 4.78 is 0. The van der Waals surface area contributed by atoms with E-state index in [-0.39, 0.29) is 5.91 Å². The van der Waals surface area contributed by atoms with Crippen molar-refractivity contribution in [3.8, 4) is 0 Å². The minimum atomic E-state index is 0.181.